The van der Waals surface area contributed by atoms with E-state index in [4.69, 9.17) is 4.74 Å². The molecular weight excluding hydrogens is 248 g/mol. The summed E-state index contributed by atoms with van der Waals surface area (Å²) in [5, 5.41) is 14.5. The van der Waals surface area contributed by atoms with Gasteiger partial charge in [-0.3, -0.25) is 4.79 Å². The zero-order chi connectivity index (χ0) is 14.6. The van der Waals surface area contributed by atoms with Crippen molar-refractivity contribution in [3.05, 3.63) is 12.2 Å². The average Bonchev–Trinajstić information content (AvgIpc) is 2.60. The molecule has 0 aliphatic heterocycles. The van der Waals surface area contributed by atoms with Gasteiger partial charge in [0, 0.05) is 6.42 Å². The fourth-order valence-electron chi connectivity index (χ4n) is 1.64. The molecule has 0 aromatic rings. The van der Waals surface area contributed by atoms with E-state index in [0.717, 1.165) is 0 Å². The molecule has 0 radical (unpaired) electrons. The van der Waals surface area contributed by atoms with Crippen LogP contribution in [0.4, 0.5) is 4.79 Å². The number of ether oxygens (including phenoxy) is 1. The molecule has 3 N–H and O–H groups in total. The zero-order valence-corrected chi connectivity index (χ0v) is 11.8. The van der Waals surface area contributed by atoms with Crippen molar-refractivity contribution < 1.29 is 19.4 Å². The van der Waals surface area contributed by atoms with E-state index in [2.05, 4.69) is 10.6 Å². The smallest absolute Gasteiger partial charge is 0.408 e. The van der Waals surface area contributed by atoms with Gasteiger partial charge in [-0.2, -0.15) is 0 Å². The lowest BCUT2D eigenvalue weighted by atomic mass is 10.2. The number of amides is 2. The second-order valence-corrected chi connectivity index (χ2v) is 5.67. The first kappa shape index (κ1) is 15.5. The summed E-state index contributed by atoms with van der Waals surface area (Å²) in [5.41, 5.74) is -0.599. The Labute approximate surface area is 113 Å². The van der Waals surface area contributed by atoms with Crippen LogP contribution in [0.5, 0.6) is 0 Å². The van der Waals surface area contributed by atoms with Gasteiger partial charge in [0.25, 0.3) is 0 Å². The molecule has 0 saturated carbocycles. The Morgan fingerprint density at radius 3 is 2.47 bits per heavy atom. The van der Waals surface area contributed by atoms with Crippen LogP contribution in [0, 0.1) is 0 Å². The Bertz CT molecular complexity index is 373. The summed E-state index contributed by atoms with van der Waals surface area (Å²) in [7, 11) is 0. The van der Waals surface area contributed by atoms with E-state index >= 15 is 0 Å². The molecule has 1 aliphatic carbocycles. The van der Waals surface area contributed by atoms with Crippen molar-refractivity contribution in [3.8, 4) is 0 Å². The molecule has 1 aliphatic rings. The molecule has 6 heteroatoms. The molecule has 108 valence electrons. The number of carbonyl (C=O) groups excluding carboxylic acids is 2. The van der Waals surface area contributed by atoms with Gasteiger partial charge in [0.05, 0.1) is 12.1 Å². The topological polar surface area (TPSA) is 87.7 Å². The fraction of sp³-hybridized carbons (Fsp3) is 0.692. The quantitative estimate of drug-likeness (QED) is 0.659. The minimum Gasteiger partial charge on any atom is -0.444 e. The normalized spacial score (nSPS) is 23.8. The van der Waals surface area contributed by atoms with Crippen molar-refractivity contribution in [3.63, 3.8) is 0 Å². The molecule has 0 spiro atoms. The lowest BCUT2D eigenvalue weighted by Crippen LogP contribution is -2.48. The van der Waals surface area contributed by atoms with Crippen molar-refractivity contribution in [2.45, 2.75) is 57.9 Å². The number of hydrogen-bond acceptors (Lipinski definition) is 4. The van der Waals surface area contributed by atoms with Gasteiger partial charge in [0.15, 0.2) is 0 Å². The molecule has 6 nitrogen and oxygen atoms in total. The number of carbonyl (C=O) groups is 2. The minimum atomic E-state index is -0.694. The van der Waals surface area contributed by atoms with Gasteiger partial charge < -0.3 is 20.5 Å². The van der Waals surface area contributed by atoms with Crippen LogP contribution in [0.1, 0.15) is 34.1 Å². The van der Waals surface area contributed by atoms with Crippen LogP contribution < -0.4 is 10.6 Å². The molecule has 1 rings (SSSR count). The first-order chi connectivity index (χ1) is 8.67. The van der Waals surface area contributed by atoms with E-state index in [0.29, 0.717) is 6.42 Å². The molecule has 0 unspecified atom stereocenters. The van der Waals surface area contributed by atoms with Crippen molar-refractivity contribution in [2.75, 3.05) is 0 Å². The van der Waals surface area contributed by atoms with E-state index in [1.165, 1.54) is 0 Å². The number of alkyl carbamates (subject to hydrolysis) is 1. The average molecular weight is 270 g/mol. The van der Waals surface area contributed by atoms with E-state index in [-0.39, 0.29) is 11.9 Å². The van der Waals surface area contributed by atoms with Crippen LogP contribution >= 0.6 is 0 Å². The van der Waals surface area contributed by atoms with Gasteiger partial charge in [-0.15, -0.1) is 0 Å². The summed E-state index contributed by atoms with van der Waals surface area (Å²) in [6.07, 6.45) is 2.70. The third kappa shape index (κ3) is 5.74. The monoisotopic (exact) mass is 270 g/mol. The van der Waals surface area contributed by atoms with Gasteiger partial charge in [-0.05, 0) is 27.7 Å². The predicted octanol–water partition coefficient (Wildman–Crippen LogP) is 0.705. The molecule has 0 heterocycles. The zero-order valence-electron chi connectivity index (χ0n) is 11.8. The molecule has 0 bridgehead atoms. The third-order valence-corrected chi connectivity index (χ3v) is 2.52. The summed E-state index contributed by atoms with van der Waals surface area (Å²) in [4.78, 5) is 23.3. The van der Waals surface area contributed by atoms with Crippen LogP contribution in [0.2, 0.25) is 0 Å². The van der Waals surface area contributed by atoms with E-state index in [1.807, 2.05) is 0 Å². The SMILES string of the molecule is C[C@@H](NC(=O)OC(C)(C)C)C(=O)N[C@H]1C=C[C@@H](O)C1. The molecule has 0 aromatic heterocycles. The fourth-order valence-corrected chi connectivity index (χ4v) is 1.64. The standard InChI is InChI=1S/C13H22N2O4/c1-8(14-12(18)19-13(2,3)4)11(17)15-9-5-6-10(16)7-9/h5-6,8-10,16H,7H2,1-4H3,(H,14,18)(H,15,17)/t8-,9+,10-/m1/s1. The highest BCUT2D eigenvalue weighted by Crippen LogP contribution is 2.10. The maximum atomic E-state index is 11.8. The molecule has 0 aromatic carbocycles. The van der Waals surface area contributed by atoms with Crippen molar-refractivity contribution in [1.29, 1.82) is 0 Å². The molecule has 0 fully saturated rings. The second kappa shape index (κ2) is 6.06. The number of rotatable bonds is 3. The highest BCUT2D eigenvalue weighted by molar-refractivity contribution is 5.85. The summed E-state index contributed by atoms with van der Waals surface area (Å²) >= 11 is 0. The first-order valence-corrected chi connectivity index (χ1v) is 6.33. The van der Waals surface area contributed by atoms with Crippen LogP contribution in [-0.2, 0) is 9.53 Å². The molecule has 19 heavy (non-hydrogen) atoms. The maximum absolute atomic E-state index is 11.8. The summed E-state index contributed by atoms with van der Waals surface area (Å²) in [6, 6.07) is -0.883. The first-order valence-electron chi connectivity index (χ1n) is 6.33. The Hall–Kier alpha value is -1.56. The number of nitrogens with one attached hydrogen (secondary N) is 2. The van der Waals surface area contributed by atoms with E-state index in [1.54, 1.807) is 39.8 Å². The summed E-state index contributed by atoms with van der Waals surface area (Å²) in [5.74, 6) is -0.311. The van der Waals surface area contributed by atoms with Gasteiger partial charge in [-0.25, -0.2) is 4.79 Å². The van der Waals surface area contributed by atoms with Crippen LogP contribution in [-0.4, -0.2) is 40.9 Å². The van der Waals surface area contributed by atoms with Gasteiger partial charge in [0.1, 0.15) is 11.6 Å². The Balaban J connectivity index is 2.36. The number of hydrogen-bond donors (Lipinski definition) is 3. The highest BCUT2D eigenvalue weighted by atomic mass is 16.6. The molecular formula is C13H22N2O4. The molecule has 2 amide bonds. The van der Waals surface area contributed by atoms with Gasteiger partial charge >= 0.3 is 6.09 Å². The second-order valence-electron chi connectivity index (χ2n) is 5.67. The van der Waals surface area contributed by atoms with Gasteiger partial charge in [-0.1, -0.05) is 12.2 Å². The summed E-state index contributed by atoms with van der Waals surface area (Å²) < 4.78 is 5.06. The maximum Gasteiger partial charge on any atom is 0.408 e. The van der Waals surface area contributed by atoms with E-state index < -0.39 is 23.8 Å². The third-order valence-electron chi connectivity index (χ3n) is 2.52. The van der Waals surface area contributed by atoms with Gasteiger partial charge in [0.2, 0.25) is 5.91 Å². The van der Waals surface area contributed by atoms with E-state index in [9.17, 15) is 14.7 Å². The number of aliphatic hydroxyl groups excluding tert-OH is 1. The largest absolute Gasteiger partial charge is 0.444 e. The van der Waals surface area contributed by atoms with Crippen LogP contribution in [0.15, 0.2) is 12.2 Å². The Morgan fingerprint density at radius 1 is 1.37 bits per heavy atom. The number of aliphatic hydroxyl groups is 1. The minimum absolute atomic E-state index is 0.189. The molecule has 0 saturated heterocycles. The Kier molecular flexibility index (Phi) is 4.94. The lowest BCUT2D eigenvalue weighted by molar-refractivity contribution is -0.123. The lowest BCUT2D eigenvalue weighted by Gasteiger charge is -2.22. The van der Waals surface area contributed by atoms with Crippen molar-refractivity contribution >= 4 is 12.0 Å². The van der Waals surface area contributed by atoms with Crippen LogP contribution in [0.25, 0.3) is 0 Å². The predicted molar refractivity (Wildman–Crippen MR) is 70.5 cm³/mol. The van der Waals surface area contributed by atoms with Crippen molar-refractivity contribution in [2.24, 2.45) is 0 Å². The highest BCUT2D eigenvalue weighted by Gasteiger charge is 2.24. The summed E-state index contributed by atoms with van der Waals surface area (Å²) in [6.45, 7) is 6.83. The van der Waals surface area contributed by atoms with Crippen LogP contribution in [0.3, 0.4) is 0 Å². The molecule has 3 atom stereocenters. The Morgan fingerprint density at radius 2 is 2.00 bits per heavy atom. The van der Waals surface area contributed by atoms with Crippen molar-refractivity contribution in [1.82, 2.24) is 10.6 Å².